The number of nitrogens with zero attached hydrogens (tertiary/aromatic N) is 4. The highest BCUT2D eigenvalue weighted by atomic mass is 16.5. The summed E-state index contributed by atoms with van der Waals surface area (Å²) in [6, 6.07) is 12.8. The number of hydrogen-bond acceptors (Lipinski definition) is 6. The molecule has 2 aromatic heterocycles. The number of pyridine rings is 1. The summed E-state index contributed by atoms with van der Waals surface area (Å²) in [7, 11) is 0. The monoisotopic (exact) mass is 683 g/mol. The molecular formula is C41H57N5O4. The first kappa shape index (κ1) is 37.3. The average Bonchev–Trinajstić information content (AvgIpc) is 3.60. The van der Waals surface area contributed by atoms with Crippen molar-refractivity contribution >= 4 is 22.7 Å². The van der Waals surface area contributed by atoms with Crippen molar-refractivity contribution in [3.05, 3.63) is 75.6 Å². The number of morpholine rings is 1. The fraction of sp³-hybridized carbons (Fsp3) is 0.561. The minimum atomic E-state index is -0.895. The van der Waals surface area contributed by atoms with E-state index >= 15 is 0 Å². The Morgan fingerprint density at radius 2 is 1.46 bits per heavy atom. The first-order chi connectivity index (χ1) is 24.5. The molecule has 5 rings (SSSR count). The van der Waals surface area contributed by atoms with E-state index in [2.05, 4.69) is 27.1 Å². The van der Waals surface area contributed by atoms with Gasteiger partial charge in [-0.15, -0.1) is 5.10 Å². The number of carbonyl (C=O) groups is 1. The number of fused-ring (bicyclic) bond motifs is 1. The van der Waals surface area contributed by atoms with Crippen molar-refractivity contribution in [2.45, 2.75) is 123 Å². The molecule has 2 N–H and O–H groups in total. The van der Waals surface area contributed by atoms with Crippen LogP contribution >= 0.6 is 0 Å². The van der Waals surface area contributed by atoms with Crippen molar-refractivity contribution in [2.24, 2.45) is 0 Å². The quantitative estimate of drug-likeness (QED) is 0.0794. The van der Waals surface area contributed by atoms with Gasteiger partial charge in [-0.05, 0) is 36.1 Å². The molecule has 0 bridgehead atoms. The largest absolute Gasteiger partial charge is 0.478 e. The fourth-order valence-electron chi connectivity index (χ4n) is 7.25. The molecule has 0 radical (unpaired) electrons. The van der Waals surface area contributed by atoms with Crippen LogP contribution in [-0.2, 0) is 17.7 Å². The number of para-hydroxylation sites is 1. The van der Waals surface area contributed by atoms with E-state index in [0.29, 0.717) is 36.4 Å². The van der Waals surface area contributed by atoms with Gasteiger partial charge < -0.3 is 19.7 Å². The Balaban J connectivity index is 1.13. The lowest BCUT2D eigenvalue weighted by molar-refractivity contribution is 0.0695. The molecule has 2 aromatic carbocycles. The molecule has 0 spiro atoms. The number of unbranched alkanes of at least 4 members (excludes halogenated alkanes) is 15. The van der Waals surface area contributed by atoms with Gasteiger partial charge in [0.1, 0.15) is 11.5 Å². The summed E-state index contributed by atoms with van der Waals surface area (Å²) in [4.78, 5) is 30.9. The average molecular weight is 684 g/mol. The van der Waals surface area contributed by atoms with E-state index in [1.807, 2.05) is 36.5 Å². The number of rotatable bonds is 22. The van der Waals surface area contributed by atoms with E-state index in [0.717, 1.165) is 60.4 Å². The van der Waals surface area contributed by atoms with E-state index < -0.39 is 5.97 Å². The summed E-state index contributed by atoms with van der Waals surface area (Å²) in [6.07, 6.45) is 23.6. The second-order valence-electron chi connectivity index (χ2n) is 13.9. The zero-order chi connectivity index (χ0) is 35.0. The van der Waals surface area contributed by atoms with E-state index in [-0.39, 0.29) is 5.43 Å². The predicted molar refractivity (Wildman–Crippen MR) is 202 cm³/mol. The first-order valence-corrected chi connectivity index (χ1v) is 19.3. The van der Waals surface area contributed by atoms with Gasteiger partial charge in [-0.2, -0.15) is 0 Å². The van der Waals surface area contributed by atoms with Crippen molar-refractivity contribution < 1.29 is 14.6 Å². The van der Waals surface area contributed by atoms with Gasteiger partial charge in [-0.3, -0.25) is 4.79 Å². The van der Waals surface area contributed by atoms with Crippen molar-refractivity contribution in [3.8, 4) is 11.3 Å². The summed E-state index contributed by atoms with van der Waals surface area (Å²) in [5.41, 5.74) is 4.33. The number of ether oxygens (including phenoxy) is 1. The zero-order valence-corrected chi connectivity index (χ0v) is 30.1. The van der Waals surface area contributed by atoms with Crippen molar-refractivity contribution in [2.75, 3.05) is 31.2 Å². The molecule has 1 saturated heterocycles. The van der Waals surface area contributed by atoms with Gasteiger partial charge in [0.25, 0.3) is 0 Å². The summed E-state index contributed by atoms with van der Waals surface area (Å²) in [6.45, 7) is 5.38. The van der Waals surface area contributed by atoms with Crippen LogP contribution in [0.15, 0.2) is 53.5 Å². The molecule has 50 heavy (non-hydrogen) atoms. The molecular weight excluding hydrogens is 626 g/mol. The molecule has 270 valence electrons. The number of H-pyrrole nitrogens is 1. The SMILES string of the molecule is CCCCCCCCCCCCCCCCCCc1c(Cn2cc(-c3cccc4c(=O)cc(N5CCOCC5)[nH]c34)nn2)cccc1C(=O)O. The van der Waals surface area contributed by atoms with Crippen LogP contribution in [0.4, 0.5) is 5.82 Å². The lowest BCUT2D eigenvalue weighted by Gasteiger charge is -2.28. The Kier molecular flexibility index (Phi) is 14.9. The molecule has 0 saturated carbocycles. The summed E-state index contributed by atoms with van der Waals surface area (Å²) in [5.74, 6) is -0.122. The number of anilines is 1. The Morgan fingerprint density at radius 1 is 0.840 bits per heavy atom. The lowest BCUT2D eigenvalue weighted by atomic mass is 9.95. The standard InChI is InChI=1S/C41H57N5O4/c1-2-3-4-5-6-7-8-9-10-11-12-13-14-15-16-17-21-33-32(20-18-22-34(33)41(48)49)30-46-31-37(43-44-46)35-23-19-24-36-38(47)29-39(42-40(35)36)45-25-27-50-28-26-45/h18-20,22-24,29,31H,2-17,21,25-28,30H2,1H3,(H,42,47)(H,48,49). The van der Waals surface area contributed by atoms with Crippen molar-refractivity contribution in [1.82, 2.24) is 20.0 Å². The molecule has 4 aromatic rings. The van der Waals surface area contributed by atoms with Crippen LogP contribution in [-0.4, -0.2) is 57.4 Å². The van der Waals surface area contributed by atoms with Gasteiger partial charge >= 0.3 is 5.97 Å². The summed E-state index contributed by atoms with van der Waals surface area (Å²) >= 11 is 0. The number of nitrogens with one attached hydrogen (secondary N) is 1. The van der Waals surface area contributed by atoms with Gasteiger partial charge in [0, 0.05) is 30.1 Å². The van der Waals surface area contributed by atoms with Gasteiger partial charge in [-0.25, -0.2) is 9.48 Å². The molecule has 1 aliphatic rings. The second kappa shape index (κ2) is 20.0. The minimum absolute atomic E-state index is 0.0429. The third-order valence-corrected chi connectivity index (χ3v) is 10.1. The van der Waals surface area contributed by atoms with Crippen molar-refractivity contribution in [1.29, 1.82) is 0 Å². The number of aromatic amines is 1. The van der Waals surface area contributed by atoms with Crippen LogP contribution in [0.1, 0.15) is 131 Å². The smallest absolute Gasteiger partial charge is 0.335 e. The van der Waals surface area contributed by atoms with E-state index in [9.17, 15) is 14.7 Å². The van der Waals surface area contributed by atoms with Gasteiger partial charge in [-0.1, -0.05) is 133 Å². The minimum Gasteiger partial charge on any atom is -0.478 e. The lowest BCUT2D eigenvalue weighted by Crippen LogP contribution is -2.37. The van der Waals surface area contributed by atoms with E-state index in [4.69, 9.17) is 4.74 Å². The third-order valence-electron chi connectivity index (χ3n) is 10.1. The van der Waals surface area contributed by atoms with E-state index in [1.165, 1.54) is 89.9 Å². The Labute approximate surface area is 297 Å². The van der Waals surface area contributed by atoms with Gasteiger partial charge in [0.15, 0.2) is 5.43 Å². The number of benzene rings is 2. The molecule has 0 atom stereocenters. The summed E-state index contributed by atoms with van der Waals surface area (Å²) < 4.78 is 7.25. The molecule has 1 fully saturated rings. The Morgan fingerprint density at radius 3 is 2.10 bits per heavy atom. The molecule has 9 heteroatoms. The zero-order valence-electron chi connectivity index (χ0n) is 30.1. The Hall–Kier alpha value is -3.98. The number of hydrogen-bond donors (Lipinski definition) is 2. The third kappa shape index (κ3) is 10.8. The first-order valence-electron chi connectivity index (χ1n) is 19.3. The van der Waals surface area contributed by atoms with E-state index in [1.54, 1.807) is 16.8 Å². The van der Waals surface area contributed by atoms with Crippen LogP contribution in [0.2, 0.25) is 0 Å². The molecule has 0 aliphatic carbocycles. The topological polar surface area (TPSA) is 113 Å². The van der Waals surface area contributed by atoms with Crippen LogP contribution in [0, 0.1) is 0 Å². The van der Waals surface area contributed by atoms with Crippen LogP contribution in [0.3, 0.4) is 0 Å². The Bertz CT molecular complexity index is 1690. The van der Waals surface area contributed by atoms with Gasteiger partial charge in [0.2, 0.25) is 0 Å². The maximum atomic E-state index is 13.1. The highest BCUT2D eigenvalue weighted by molar-refractivity contribution is 5.93. The number of aromatic carboxylic acids is 1. The van der Waals surface area contributed by atoms with Crippen molar-refractivity contribution in [3.63, 3.8) is 0 Å². The maximum Gasteiger partial charge on any atom is 0.335 e. The predicted octanol–water partition coefficient (Wildman–Crippen LogP) is 9.17. The fourth-order valence-corrected chi connectivity index (χ4v) is 7.25. The van der Waals surface area contributed by atoms with Gasteiger partial charge in [0.05, 0.1) is 37.0 Å². The molecule has 3 heterocycles. The normalized spacial score (nSPS) is 13.3. The molecule has 9 nitrogen and oxygen atoms in total. The maximum absolute atomic E-state index is 13.1. The molecule has 1 aliphatic heterocycles. The number of carboxylic acids is 1. The van der Waals surface area contributed by atoms with Crippen LogP contribution in [0.25, 0.3) is 22.2 Å². The van der Waals surface area contributed by atoms with Crippen LogP contribution < -0.4 is 10.3 Å². The molecule has 0 amide bonds. The summed E-state index contributed by atoms with van der Waals surface area (Å²) in [5, 5.41) is 19.5. The van der Waals surface area contributed by atoms with Crippen LogP contribution in [0.5, 0.6) is 0 Å². The highest BCUT2D eigenvalue weighted by Crippen LogP contribution is 2.27. The highest BCUT2D eigenvalue weighted by Gasteiger charge is 2.18. The molecule has 0 unspecified atom stereocenters. The second-order valence-corrected chi connectivity index (χ2v) is 13.9. The number of carboxylic acid groups (broad SMARTS) is 1. The number of aromatic nitrogens is 4.